The monoisotopic (exact) mass is 362 g/mol. The second-order valence-electron chi connectivity index (χ2n) is 5.90. The fourth-order valence-corrected chi connectivity index (χ4v) is 4.29. The number of anilines is 1. The van der Waals surface area contributed by atoms with E-state index in [4.69, 9.17) is 4.74 Å². The molecule has 0 fully saturated rings. The molecule has 2 aromatic rings. The number of amides is 1. The van der Waals surface area contributed by atoms with Crippen LogP contribution in [0.1, 0.15) is 45.1 Å². The van der Waals surface area contributed by atoms with Gasteiger partial charge in [-0.2, -0.15) is 5.10 Å². The minimum absolute atomic E-state index is 0.267. The molecular weight excluding hydrogens is 340 g/mol. The molecule has 2 aromatic heterocycles. The van der Waals surface area contributed by atoms with Crippen LogP contribution in [0.5, 0.6) is 0 Å². The van der Waals surface area contributed by atoms with Gasteiger partial charge in [0.25, 0.3) is 5.91 Å². The molecule has 25 heavy (non-hydrogen) atoms. The highest BCUT2D eigenvalue weighted by Crippen LogP contribution is 2.37. The minimum atomic E-state index is -0.371. The highest BCUT2D eigenvalue weighted by atomic mass is 32.1. The molecule has 8 heteroatoms. The van der Waals surface area contributed by atoms with Gasteiger partial charge in [-0.3, -0.25) is 9.48 Å². The molecule has 0 saturated carbocycles. The summed E-state index contributed by atoms with van der Waals surface area (Å²) in [5, 5.41) is 7.58. The number of aryl methyl sites for hydroxylation is 1. The molecule has 0 unspecified atom stereocenters. The number of carbonyl (C=O) groups is 2. The van der Waals surface area contributed by atoms with Gasteiger partial charge in [0.15, 0.2) is 0 Å². The topological polar surface area (TPSA) is 76.5 Å². The summed E-state index contributed by atoms with van der Waals surface area (Å²) in [6, 6.07) is 1.67. The molecule has 0 saturated heterocycles. The van der Waals surface area contributed by atoms with Gasteiger partial charge < -0.3 is 15.0 Å². The van der Waals surface area contributed by atoms with Crippen molar-refractivity contribution in [1.82, 2.24) is 14.7 Å². The molecule has 134 valence electrons. The number of nitrogens with zero attached hydrogens (tertiary/aromatic N) is 3. The number of aromatic nitrogens is 2. The number of thiophene rings is 1. The number of likely N-dealkylation sites (N-methyl/N-ethyl adjacent to an activating group) is 1. The number of carbonyl (C=O) groups excluding carboxylic acids is 2. The first kappa shape index (κ1) is 17.6. The average Bonchev–Trinajstić information content (AvgIpc) is 3.18. The van der Waals surface area contributed by atoms with Gasteiger partial charge in [-0.15, -0.1) is 11.3 Å². The third-order valence-electron chi connectivity index (χ3n) is 4.20. The standard InChI is InChI=1S/C17H22N4O3S/c1-4-21-12(6-8-18-21)15(22)19-16-14(17(23)24-5-2)11-7-9-20(3)10-13(11)25-16/h6,8H,4-5,7,9-10H2,1-3H3,(H,19,22). The first-order chi connectivity index (χ1) is 12.0. The van der Waals surface area contributed by atoms with E-state index >= 15 is 0 Å². The van der Waals surface area contributed by atoms with Crippen molar-refractivity contribution in [2.75, 3.05) is 25.5 Å². The molecule has 3 rings (SSSR count). The van der Waals surface area contributed by atoms with E-state index in [1.807, 2.05) is 14.0 Å². The van der Waals surface area contributed by atoms with Crippen LogP contribution in [0.3, 0.4) is 0 Å². The average molecular weight is 362 g/mol. The zero-order chi connectivity index (χ0) is 18.0. The third-order valence-corrected chi connectivity index (χ3v) is 5.34. The number of hydrogen-bond donors (Lipinski definition) is 1. The van der Waals surface area contributed by atoms with E-state index < -0.39 is 0 Å². The molecule has 7 nitrogen and oxygen atoms in total. The number of hydrogen-bond acceptors (Lipinski definition) is 6. The highest BCUT2D eigenvalue weighted by Gasteiger charge is 2.29. The van der Waals surface area contributed by atoms with Crippen molar-refractivity contribution >= 4 is 28.2 Å². The lowest BCUT2D eigenvalue weighted by atomic mass is 10.0. The van der Waals surface area contributed by atoms with Gasteiger partial charge in [0.1, 0.15) is 10.7 Å². The Hall–Kier alpha value is -2.19. The molecule has 1 aliphatic rings. The Morgan fingerprint density at radius 3 is 2.92 bits per heavy atom. The number of esters is 1. The van der Waals surface area contributed by atoms with Crippen molar-refractivity contribution in [2.24, 2.45) is 0 Å². The second-order valence-corrected chi connectivity index (χ2v) is 7.01. The molecule has 0 aliphatic carbocycles. The molecule has 1 aliphatic heterocycles. The fraction of sp³-hybridized carbons (Fsp3) is 0.471. The summed E-state index contributed by atoms with van der Waals surface area (Å²) in [6.07, 6.45) is 2.37. The highest BCUT2D eigenvalue weighted by molar-refractivity contribution is 7.17. The normalized spacial score (nSPS) is 14.2. The molecule has 1 amide bonds. The van der Waals surface area contributed by atoms with Crippen molar-refractivity contribution in [3.63, 3.8) is 0 Å². The Morgan fingerprint density at radius 1 is 1.40 bits per heavy atom. The number of ether oxygens (including phenoxy) is 1. The van der Waals surface area contributed by atoms with Gasteiger partial charge in [0.05, 0.1) is 12.2 Å². The molecule has 3 heterocycles. The quantitative estimate of drug-likeness (QED) is 0.827. The first-order valence-corrected chi connectivity index (χ1v) is 9.20. The number of rotatable bonds is 5. The molecular formula is C17H22N4O3S. The number of fused-ring (bicyclic) bond motifs is 1. The Morgan fingerprint density at radius 2 is 2.20 bits per heavy atom. The van der Waals surface area contributed by atoms with E-state index in [1.165, 1.54) is 11.3 Å². The van der Waals surface area contributed by atoms with E-state index in [2.05, 4.69) is 15.3 Å². The van der Waals surface area contributed by atoms with E-state index in [0.29, 0.717) is 29.4 Å². The molecule has 0 aromatic carbocycles. The van der Waals surface area contributed by atoms with Crippen LogP contribution in [0.2, 0.25) is 0 Å². The zero-order valence-electron chi connectivity index (χ0n) is 14.7. The van der Waals surface area contributed by atoms with Crippen LogP contribution in [-0.2, 0) is 24.2 Å². The predicted octanol–water partition coefficient (Wildman–Crippen LogP) is 2.38. The van der Waals surface area contributed by atoms with Crippen LogP contribution in [0.4, 0.5) is 5.00 Å². The Kier molecular flexibility index (Phi) is 5.19. The smallest absolute Gasteiger partial charge is 0.341 e. The van der Waals surface area contributed by atoms with Gasteiger partial charge in [-0.05, 0) is 38.9 Å². The summed E-state index contributed by atoms with van der Waals surface area (Å²) in [7, 11) is 2.05. The lowest BCUT2D eigenvalue weighted by Crippen LogP contribution is -2.26. The second kappa shape index (κ2) is 7.37. The van der Waals surface area contributed by atoms with Crippen LogP contribution < -0.4 is 5.32 Å². The van der Waals surface area contributed by atoms with E-state index in [-0.39, 0.29) is 11.9 Å². The van der Waals surface area contributed by atoms with Crippen molar-refractivity contribution in [3.05, 3.63) is 34.0 Å². The van der Waals surface area contributed by atoms with E-state index in [9.17, 15) is 9.59 Å². The van der Waals surface area contributed by atoms with Crippen molar-refractivity contribution in [2.45, 2.75) is 33.4 Å². The zero-order valence-corrected chi connectivity index (χ0v) is 15.5. The van der Waals surface area contributed by atoms with Gasteiger partial charge in [0, 0.05) is 30.7 Å². The van der Waals surface area contributed by atoms with Crippen LogP contribution in [0, 0.1) is 0 Å². The van der Waals surface area contributed by atoms with Gasteiger partial charge in [-0.25, -0.2) is 4.79 Å². The van der Waals surface area contributed by atoms with Crippen molar-refractivity contribution < 1.29 is 14.3 Å². The minimum Gasteiger partial charge on any atom is -0.462 e. The summed E-state index contributed by atoms with van der Waals surface area (Å²) >= 11 is 1.45. The van der Waals surface area contributed by atoms with Crippen molar-refractivity contribution in [3.8, 4) is 0 Å². The molecule has 1 N–H and O–H groups in total. The molecule has 0 radical (unpaired) electrons. The molecule has 0 bridgehead atoms. The lowest BCUT2D eigenvalue weighted by molar-refractivity contribution is 0.0526. The van der Waals surface area contributed by atoms with Gasteiger partial charge in [-0.1, -0.05) is 0 Å². The van der Waals surface area contributed by atoms with Crippen LogP contribution in [0.25, 0.3) is 0 Å². The maximum atomic E-state index is 12.6. The Labute approximate surface area is 150 Å². The lowest BCUT2D eigenvalue weighted by Gasteiger charge is -2.22. The van der Waals surface area contributed by atoms with Crippen LogP contribution in [-0.4, -0.2) is 46.8 Å². The summed E-state index contributed by atoms with van der Waals surface area (Å²) in [5.74, 6) is -0.638. The van der Waals surface area contributed by atoms with Crippen LogP contribution >= 0.6 is 11.3 Å². The maximum Gasteiger partial charge on any atom is 0.341 e. The number of nitrogens with one attached hydrogen (secondary N) is 1. The molecule has 0 spiro atoms. The van der Waals surface area contributed by atoms with E-state index in [0.717, 1.165) is 30.0 Å². The summed E-state index contributed by atoms with van der Waals surface area (Å²) in [5.41, 5.74) is 1.98. The Balaban J connectivity index is 1.95. The summed E-state index contributed by atoms with van der Waals surface area (Å²) < 4.78 is 6.85. The largest absolute Gasteiger partial charge is 0.462 e. The Bertz CT molecular complexity index is 796. The van der Waals surface area contributed by atoms with Gasteiger partial charge in [0.2, 0.25) is 0 Å². The maximum absolute atomic E-state index is 12.6. The van der Waals surface area contributed by atoms with E-state index in [1.54, 1.807) is 23.9 Å². The summed E-state index contributed by atoms with van der Waals surface area (Å²) in [6.45, 7) is 6.27. The summed E-state index contributed by atoms with van der Waals surface area (Å²) in [4.78, 5) is 28.4. The van der Waals surface area contributed by atoms with Gasteiger partial charge >= 0.3 is 5.97 Å². The SMILES string of the molecule is CCOC(=O)c1c(NC(=O)c2ccnn2CC)sc2c1CCN(C)C2. The van der Waals surface area contributed by atoms with Crippen LogP contribution in [0.15, 0.2) is 12.3 Å². The third kappa shape index (κ3) is 3.45. The first-order valence-electron chi connectivity index (χ1n) is 8.38. The molecule has 0 atom stereocenters. The van der Waals surface area contributed by atoms with Crippen molar-refractivity contribution in [1.29, 1.82) is 0 Å². The fourth-order valence-electron chi connectivity index (χ4n) is 2.98. The predicted molar refractivity (Wildman–Crippen MR) is 96.2 cm³/mol.